The molecule has 3 aromatic carbocycles. The highest BCUT2D eigenvalue weighted by Gasteiger charge is 2.64. The van der Waals surface area contributed by atoms with Crippen LogP contribution in [0.1, 0.15) is 40.2 Å². The Labute approximate surface area is 231 Å². The Morgan fingerprint density at radius 3 is 2.49 bits per heavy atom. The molecule has 6 rings (SSSR count). The first-order chi connectivity index (χ1) is 18.8. The van der Waals surface area contributed by atoms with Gasteiger partial charge in [0.05, 0.1) is 23.1 Å². The number of anilines is 2. The molecule has 2 aliphatic carbocycles. The van der Waals surface area contributed by atoms with Crippen molar-refractivity contribution < 1.29 is 23.9 Å². The Hall–Kier alpha value is -3.97. The molecule has 2 saturated carbocycles. The Kier molecular flexibility index (Phi) is 6.47. The van der Waals surface area contributed by atoms with E-state index in [0.717, 1.165) is 12.8 Å². The molecule has 7 nitrogen and oxygen atoms in total. The third-order valence-electron chi connectivity index (χ3n) is 8.46. The van der Waals surface area contributed by atoms with E-state index >= 15 is 0 Å². The minimum absolute atomic E-state index is 0.138. The Morgan fingerprint density at radius 1 is 0.949 bits per heavy atom. The molecule has 3 aliphatic rings. The molecular weight excluding hydrogens is 516 g/mol. The van der Waals surface area contributed by atoms with E-state index in [0.29, 0.717) is 22.0 Å². The number of carbonyl (C=O) groups is 4. The summed E-state index contributed by atoms with van der Waals surface area (Å²) in [6, 6.07) is 21.6. The van der Waals surface area contributed by atoms with Gasteiger partial charge in [-0.2, -0.15) is 0 Å². The van der Waals surface area contributed by atoms with E-state index in [9.17, 15) is 19.2 Å². The van der Waals surface area contributed by atoms with Crippen LogP contribution in [0, 0.1) is 30.6 Å². The summed E-state index contributed by atoms with van der Waals surface area (Å²) in [6.45, 7) is 1.28. The number of carbonyl (C=O) groups excluding carboxylic acids is 4. The number of imide groups is 1. The van der Waals surface area contributed by atoms with Crippen molar-refractivity contribution in [2.45, 2.75) is 25.7 Å². The number of amides is 3. The fourth-order valence-corrected chi connectivity index (χ4v) is 6.89. The van der Waals surface area contributed by atoms with Gasteiger partial charge in [-0.05, 0) is 79.0 Å². The van der Waals surface area contributed by atoms with Crippen LogP contribution in [0.15, 0.2) is 72.8 Å². The zero-order valence-electron chi connectivity index (χ0n) is 21.3. The fourth-order valence-electron chi connectivity index (χ4n) is 6.71. The summed E-state index contributed by atoms with van der Waals surface area (Å²) in [5.74, 6) is -1.67. The summed E-state index contributed by atoms with van der Waals surface area (Å²) < 4.78 is 5.21. The molecule has 0 unspecified atom stereocenters. The van der Waals surface area contributed by atoms with E-state index in [-0.39, 0.29) is 47.0 Å². The molecule has 2 bridgehead atoms. The maximum Gasteiger partial charge on any atom is 0.338 e. The van der Waals surface area contributed by atoms with E-state index in [1.54, 1.807) is 37.3 Å². The highest BCUT2D eigenvalue weighted by molar-refractivity contribution is 6.31. The molecule has 1 aliphatic heterocycles. The molecule has 0 spiro atoms. The second-order valence-corrected chi connectivity index (χ2v) is 11.0. The molecule has 8 heteroatoms. The minimum Gasteiger partial charge on any atom is -0.452 e. The summed E-state index contributed by atoms with van der Waals surface area (Å²) >= 11 is 6.09. The van der Waals surface area contributed by atoms with Crippen molar-refractivity contribution in [2.24, 2.45) is 23.7 Å². The van der Waals surface area contributed by atoms with Crippen LogP contribution < -0.4 is 10.2 Å². The van der Waals surface area contributed by atoms with E-state index in [4.69, 9.17) is 16.3 Å². The number of nitrogens with zero attached hydrogens (tertiary/aromatic N) is 1. The van der Waals surface area contributed by atoms with Crippen LogP contribution in [0.4, 0.5) is 11.4 Å². The molecular formula is C31H27ClN2O5. The smallest absolute Gasteiger partial charge is 0.338 e. The minimum atomic E-state index is -0.724. The predicted octanol–water partition coefficient (Wildman–Crippen LogP) is 5.37. The maximum absolute atomic E-state index is 13.6. The first-order valence-corrected chi connectivity index (χ1v) is 13.5. The molecule has 1 heterocycles. The number of hydrogen-bond donors (Lipinski definition) is 1. The molecule has 39 heavy (non-hydrogen) atoms. The second-order valence-electron chi connectivity index (χ2n) is 10.6. The zero-order chi connectivity index (χ0) is 27.3. The number of fused-ring (bicyclic) bond motifs is 5. The highest BCUT2D eigenvalue weighted by atomic mass is 35.5. The summed E-state index contributed by atoms with van der Waals surface area (Å²) in [5, 5.41) is 3.19. The van der Waals surface area contributed by atoms with Crippen LogP contribution in [-0.2, 0) is 19.1 Å². The topological polar surface area (TPSA) is 92.8 Å². The lowest BCUT2D eigenvalue weighted by Gasteiger charge is -2.28. The van der Waals surface area contributed by atoms with Gasteiger partial charge in [0.1, 0.15) is 0 Å². The number of esters is 1. The molecule has 5 atom stereocenters. The summed E-state index contributed by atoms with van der Waals surface area (Å²) in [6.07, 6.45) is 1.80. The van der Waals surface area contributed by atoms with Crippen molar-refractivity contribution in [3.05, 3.63) is 94.5 Å². The highest BCUT2D eigenvalue weighted by Crippen LogP contribution is 2.61. The average Bonchev–Trinajstić information content (AvgIpc) is 3.61. The van der Waals surface area contributed by atoms with Crippen LogP contribution in [-0.4, -0.2) is 30.3 Å². The van der Waals surface area contributed by atoms with Gasteiger partial charge in [0.25, 0.3) is 5.91 Å². The SMILES string of the molecule is Cc1c(Cl)cccc1NC(=O)COC(=O)c1cccc(N2C(=O)[C@@H]3[C@@H]4C[C@@H]([C@@H]3C2=O)[C@@H](c2ccccc2)C4)c1. The van der Waals surface area contributed by atoms with Gasteiger partial charge < -0.3 is 10.1 Å². The maximum atomic E-state index is 13.6. The molecule has 1 N–H and O–H groups in total. The van der Waals surface area contributed by atoms with Gasteiger partial charge in [0.2, 0.25) is 11.8 Å². The van der Waals surface area contributed by atoms with Crippen molar-refractivity contribution >= 4 is 46.7 Å². The number of halogens is 1. The Balaban J connectivity index is 1.14. The average molecular weight is 543 g/mol. The molecule has 3 amide bonds. The van der Waals surface area contributed by atoms with Gasteiger partial charge in [-0.15, -0.1) is 0 Å². The Morgan fingerprint density at radius 2 is 1.69 bits per heavy atom. The van der Waals surface area contributed by atoms with Crippen LogP contribution in [0.5, 0.6) is 0 Å². The predicted molar refractivity (Wildman–Crippen MR) is 146 cm³/mol. The van der Waals surface area contributed by atoms with Gasteiger partial charge in [-0.3, -0.25) is 19.3 Å². The van der Waals surface area contributed by atoms with Crippen molar-refractivity contribution in [1.29, 1.82) is 0 Å². The summed E-state index contributed by atoms with van der Waals surface area (Å²) in [5.41, 5.74) is 2.97. The van der Waals surface area contributed by atoms with Crippen molar-refractivity contribution in [3.8, 4) is 0 Å². The molecule has 3 fully saturated rings. The molecule has 0 radical (unpaired) electrons. The van der Waals surface area contributed by atoms with E-state index in [1.807, 2.05) is 18.2 Å². The first kappa shape index (κ1) is 25.3. The third kappa shape index (κ3) is 4.40. The summed E-state index contributed by atoms with van der Waals surface area (Å²) in [7, 11) is 0. The van der Waals surface area contributed by atoms with Crippen LogP contribution >= 0.6 is 11.6 Å². The number of rotatable bonds is 6. The lowest BCUT2D eigenvalue weighted by Crippen LogP contribution is -2.33. The summed E-state index contributed by atoms with van der Waals surface area (Å²) in [4.78, 5) is 53.4. The van der Waals surface area contributed by atoms with Crippen molar-refractivity contribution in [1.82, 2.24) is 0 Å². The van der Waals surface area contributed by atoms with E-state index in [1.165, 1.54) is 22.6 Å². The Bertz CT molecular complexity index is 1490. The number of ether oxygens (including phenoxy) is 1. The van der Waals surface area contributed by atoms with Crippen LogP contribution in [0.2, 0.25) is 5.02 Å². The van der Waals surface area contributed by atoms with Gasteiger partial charge >= 0.3 is 5.97 Å². The molecule has 0 aromatic heterocycles. The molecule has 3 aromatic rings. The van der Waals surface area contributed by atoms with Crippen LogP contribution in [0.3, 0.4) is 0 Å². The lowest BCUT2D eigenvalue weighted by molar-refractivity contribution is -0.123. The van der Waals surface area contributed by atoms with Crippen molar-refractivity contribution in [3.63, 3.8) is 0 Å². The fraction of sp³-hybridized carbons (Fsp3) is 0.290. The lowest BCUT2D eigenvalue weighted by atomic mass is 9.73. The number of nitrogens with one attached hydrogen (secondary N) is 1. The third-order valence-corrected chi connectivity index (χ3v) is 8.87. The standard InChI is InChI=1S/C31H27ClN2O5/c1-17-24(32)11-6-12-25(17)33-26(35)16-39-31(38)19-9-5-10-21(13-19)34-29(36)27-20-14-22(18-7-3-2-4-8-18)23(15-20)28(27)30(34)37/h2-13,20,22-23,27-28H,14-16H2,1H3,(H,33,35)/t20-,22+,23+,27+,28-/m0/s1. The monoisotopic (exact) mass is 542 g/mol. The largest absolute Gasteiger partial charge is 0.452 e. The van der Waals surface area contributed by atoms with Gasteiger partial charge in [0, 0.05) is 10.7 Å². The van der Waals surface area contributed by atoms with E-state index < -0.39 is 18.5 Å². The second kappa shape index (κ2) is 9.97. The normalized spacial score (nSPS) is 25.1. The van der Waals surface area contributed by atoms with Crippen molar-refractivity contribution in [2.75, 3.05) is 16.8 Å². The quantitative estimate of drug-likeness (QED) is 0.334. The van der Waals surface area contributed by atoms with Gasteiger partial charge in [0.15, 0.2) is 6.61 Å². The molecule has 198 valence electrons. The molecule has 1 saturated heterocycles. The number of benzene rings is 3. The van der Waals surface area contributed by atoms with E-state index in [2.05, 4.69) is 17.4 Å². The first-order valence-electron chi connectivity index (χ1n) is 13.1. The zero-order valence-corrected chi connectivity index (χ0v) is 22.1. The van der Waals surface area contributed by atoms with Gasteiger partial charge in [-0.25, -0.2) is 4.79 Å². The number of hydrogen-bond acceptors (Lipinski definition) is 5. The van der Waals surface area contributed by atoms with Gasteiger partial charge in [-0.1, -0.05) is 54.1 Å². The van der Waals surface area contributed by atoms with Crippen LogP contribution in [0.25, 0.3) is 0 Å².